The van der Waals surface area contributed by atoms with E-state index >= 15 is 0 Å². The number of pyridine rings is 1. The van der Waals surface area contributed by atoms with Crippen molar-refractivity contribution in [2.45, 2.75) is 20.0 Å². The summed E-state index contributed by atoms with van der Waals surface area (Å²) in [4.78, 5) is 25.5. The SMILES string of the molecule is CC(C)C(O)CNC(=O)c1c[nH]ccc1=O. The van der Waals surface area contributed by atoms with Gasteiger partial charge in [-0.05, 0) is 5.92 Å². The lowest BCUT2D eigenvalue weighted by molar-refractivity contribution is 0.0870. The molecule has 1 rings (SSSR count). The number of rotatable bonds is 4. The van der Waals surface area contributed by atoms with Gasteiger partial charge >= 0.3 is 0 Å². The third-order valence-corrected chi connectivity index (χ3v) is 2.31. The Kier molecular flexibility index (Phi) is 4.25. The Morgan fingerprint density at radius 2 is 2.25 bits per heavy atom. The lowest BCUT2D eigenvalue weighted by Crippen LogP contribution is -2.36. The molecule has 0 spiro atoms. The molecule has 0 aliphatic heterocycles. The van der Waals surface area contributed by atoms with E-state index in [1.165, 1.54) is 18.5 Å². The summed E-state index contributed by atoms with van der Waals surface area (Å²) < 4.78 is 0. The van der Waals surface area contributed by atoms with Crippen molar-refractivity contribution in [3.05, 3.63) is 34.2 Å². The van der Waals surface area contributed by atoms with Crippen LogP contribution in [-0.2, 0) is 0 Å². The van der Waals surface area contributed by atoms with Crippen molar-refractivity contribution in [1.29, 1.82) is 0 Å². The zero-order valence-electron chi connectivity index (χ0n) is 9.36. The fraction of sp³-hybridized carbons (Fsp3) is 0.455. The first-order valence-corrected chi connectivity index (χ1v) is 5.15. The molecule has 0 fully saturated rings. The summed E-state index contributed by atoms with van der Waals surface area (Å²) in [5.41, 5.74) is -0.284. The first-order chi connectivity index (χ1) is 7.52. The van der Waals surface area contributed by atoms with Gasteiger partial charge in [0.25, 0.3) is 5.91 Å². The van der Waals surface area contributed by atoms with E-state index in [1.807, 2.05) is 13.8 Å². The lowest BCUT2D eigenvalue weighted by atomic mass is 10.1. The Hall–Kier alpha value is -1.62. The van der Waals surface area contributed by atoms with Crippen LogP contribution in [0.4, 0.5) is 0 Å². The van der Waals surface area contributed by atoms with Gasteiger partial charge in [0.15, 0.2) is 5.43 Å². The number of carbonyl (C=O) groups excluding carboxylic acids is 1. The smallest absolute Gasteiger partial charge is 0.256 e. The number of hydrogen-bond acceptors (Lipinski definition) is 3. The maximum atomic E-state index is 11.6. The van der Waals surface area contributed by atoms with Gasteiger partial charge in [0, 0.05) is 25.0 Å². The molecule has 1 heterocycles. The van der Waals surface area contributed by atoms with Gasteiger partial charge in [-0.3, -0.25) is 9.59 Å². The summed E-state index contributed by atoms with van der Waals surface area (Å²) in [6, 6.07) is 1.29. The minimum atomic E-state index is -0.605. The number of hydrogen-bond donors (Lipinski definition) is 3. The number of carbonyl (C=O) groups is 1. The highest BCUT2D eigenvalue weighted by atomic mass is 16.3. The number of aliphatic hydroxyl groups excluding tert-OH is 1. The van der Waals surface area contributed by atoms with Crippen LogP contribution in [0.2, 0.25) is 0 Å². The van der Waals surface area contributed by atoms with E-state index in [-0.39, 0.29) is 23.5 Å². The van der Waals surface area contributed by atoms with Gasteiger partial charge in [-0.15, -0.1) is 0 Å². The van der Waals surface area contributed by atoms with E-state index in [1.54, 1.807) is 0 Å². The largest absolute Gasteiger partial charge is 0.391 e. The van der Waals surface area contributed by atoms with Gasteiger partial charge in [-0.2, -0.15) is 0 Å². The first kappa shape index (κ1) is 12.4. The predicted molar refractivity (Wildman–Crippen MR) is 60.2 cm³/mol. The summed E-state index contributed by atoms with van der Waals surface area (Å²) in [5.74, 6) is -0.407. The number of amides is 1. The summed E-state index contributed by atoms with van der Waals surface area (Å²) in [5, 5.41) is 12.0. The molecule has 0 saturated carbocycles. The molecule has 1 unspecified atom stereocenters. The summed E-state index contributed by atoms with van der Waals surface area (Å²) in [7, 11) is 0. The van der Waals surface area contributed by atoms with Gasteiger partial charge in [0.2, 0.25) is 0 Å². The standard InChI is InChI=1S/C11H16N2O3/c1-7(2)10(15)6-13-11(16)8-5-12-4-3-9(8)14/h3-5,7,10,15H,6H2,1-2H3,(H,12,14)(H,13,16). The maximum Gasteiger partial charge on any atom is 0.256 e. The molecule has 0 saturated heterocycles. The molecule has 3 N–H and O–H groups in total. The van der Waals surface area contributed by atoms with Crippen molar-refractivity contribution in [3.8, 4) is 0 Å². The predicted octanol–water partition coefficient (Wildman–Crippen LogP) is 0.122. The van der Waals surface area contributed by atoms with E-state index in [9.17, 15) is 14.7 Å². The summed E-state index contributed by atoms with van der Waals surface area (Å²) in [6.45, 7) is 3.85. The van der Waals surface area contributed by atoms with Gasteiger partial charge in [0.1, 0.15) is 5.56 Å². The summed E-state index contributed by atoms with van der Waals surface area (Å²) >= 11 is 0. The third-order valence-electron chi connectivity index (χ3n) is 2.31. The first-order valence-electron chi connectivity index (χ1n) is 5.15. The minimum Gasteiger partial charge on any atom is -0.391 e. The van der Waals surface area contributed by atoms with Gasteiger partial charge < -0.3 is 15.4 Å². The molecular formula is C11H16N2O3. The number of nitrogens with one attached hydrogen (secondary N) is 2. The fourth-order valence-electron chi connectivity index (χ4n) is 1.12. The zero-order chi connectivity index (χ0) is 12.1. The monoisotopic (exact) mass is 224 g/mol. The maximum absolute atomic E-state index is 11.6. The molecule has 88 valence electrons. The molecule has 16 heavy (non-hydrogen) atoms. The highest BCUT2D eigenvalue weighted by Gasteiger charge is 2.13. The Balaban J connectivity index is 2.61. The van der Waals surface area contributed by atoms with Gasteiger partial charge in [-0.25, -0.2) is 0 Å². The van der Waals surface area contributed by atoms with Crippen LogP contribution in [0.1, 0.15) is 24.2 Å². The Labute approximate surface area is 93.5 Å². The lowest BCUT2D eigenvalue weighted by Gasteiger charge is -2.14. The quantitative estimate of drug-likeness (QED) is 0.679. The van der Waals surface area contributed by atoms with E-state index in [2.05, 4.69) is 10.3 Å². The van der Waals surface area contributed by atoms with Crippen LogP contribution in [0.15, 0.2) is 23.3 Å². The van der Waals surface area contributed by atoms with Crippen LogP contribution in [0.5, 0.6) is 0 Å². The van der Waals surface area contributed by atoms with Crippen LogP contribution in [0.25, 0.3) is 0 Å². The molecule has 0 bridgehead atoms. The van der Waals surface area contributed by atoms with Crippen LogP contribution < -0.4 is 10.7 Å². The van der Waals surface area contributed by atoms with Crippen molar-refractivity contribution < 1.29 is 9.90 Å². The van der Waals surface area contributed by atoms with Crippen molar-refractivity contribution in [2.75, 3.05) is 6.54 Å². The Morgan fingerprint density at radius 3 is 2.81 bits per heavy atom. The molecule has 0 aromatic carbocycles. The molecule has 5 heteroatoms. The van der Waals surface area contributed by atoms with Crippen LogP contribution in [-0.4, -0.2) is 28.6 Å². The second kappa shape index (κ2) is 5.46. The number of H-pyrrole nitrogens is 1. The van der Waals surface area contributed by atoms with Gasteiger partial charge in [-0.1, -0.05) is 13.8 Å². The zero-order valence-corrected chi connectivity index (χ0v) is 9.36. The molecule has 0 radical (unpaired) electrons. The van der Waals surface area contributed by atoms with E-state index < -0.39 is 12.0 Å². The van der Waals surface area contributed by atoms with Crippen molar-refractivity contribution in [2.24, 2.45) is 5.92 Å². The molecule has 1 aromatic heterocycles. The molecular weight excluding hydrogens is 208 g/mol. The van der Waals surface area contributed by atoms with Gasteiger partial charge in [0.05, 0.1) is 6.10 Å². The van der Waals surface area contributed by atoms with Crippen molar-refractivity contribution in [3.63, 3.8) is 0 Å². The van der Waals surface area contributed by atoms with E-state index in [0.29, 0.717) is 0 Å². The fourth-order valence-corrected chi connectivity index (χ4v) is 1.12. The van der Waals surface area contributed by atoms with E-state index in [4.69, 9.17) is 0 Å². The molecule has 1 atom stereocenters. The van der Waals surface area contributed by atoms with E-state index in [0.717, 1.165) is 0 Å². The van der Waals surface area contributed by atoms with Crippen molar-refractivity contribution in [1.82, 2.24) is 10.3 Å². The summed E-state index contributed by atoms with van der Waals surface area (Å²) in [6.07, 6.45) is 2.20. The Morgan fingerprint density at radius 1 is 1.56 bits per heavy atom. The molecule has 1 amide bonds. The molecule has 0 aliphatic rings. The normalized spacial score (nSPS) is 12.5. The van der Waals surface area contributed by atoms with Crippen molar-refractivity contribution >= 4 is 5.91 Å². The highest BCUT2D eigenvalue weighted by Crippen LogP contribution is 1.99. The average molecular weight is 224 g/mol. The second-order valence-corrected chi connectivity index (χ2v) is 3.94. The third kappa shape index (κ3) is 3.20. The number of aliphatic hydroxyl groups is 1. The number of aromatic nitrogens is 1. The number of aromatic amines is 1. The molecule has 5 nitrogen and oxygen atoms in total. The Bertz CT molecular complexity index is 412. The average Bonchev–Trinajstić information content (AvgIpc) is 2.25. The van der Waals surface area contributed by atoms with Crippen LogP contribution in [0.3, 0.4) is 0 Å². The topological polar surface area (TPSA) is 82.2 Å². The van der Waals surface area contributed by atoms with Crippen LogP contribution >= 0.6 is 0 Å². The second-order valence-electron chi connectivity index (χ2n) is 3.94. The molecule has 1 aromatic rings. The highest BCUT2D eigenvalue weighted by molar-refractivity contribution is 5.93. The minimum absolute atomic E-state index is 0.0541. The molecule has 0 aliphatic carbocycles. The van der Waals surface area contributed by atoms with Crippen LogP contribution in [0, 0.1) is 5.92 Å².